The van der Waals surface area contributed by atoms with E-state index < -0.39 is 11.4 Å². The molecule has 0 aromatic heterocycles. The summed E-state index contributed by atoms with van der Waals surface area (Å²) < 4.78 is 10.4. The minimum atomic E-state index is -0.705. The maximum Gasteiger partial charge on any atom is 0.337 e. The second-order valence-electron chi connectivity index (χ2n) is 5.63. The predicted molar refractivity (Wildman–Crippen MR) is 80.5 cm³/mol. The monoisotopic (exact) mass is 290 g/mol. The van der Waals surface area contributed by atoms with Gasteiger partial charge < -0.3 is 14.4 Å². The molecule has 0 fully saturated rings. The fourth-order valence-corrected chi connectivity index (χ4v) is 1.69. The Morgan fingerprint density at radius 1 is 1.33 bits per heavy atom. The molecule has 0 heterocycles. The maximum absolute atomic E-state index is 11.7. The van der Waals surface area contributed by atoms with Crippen molar-refractivity contribution in [2.24, 2.45) is 0 Å². The van der Waals surface area contributed by atoms with E-state index in [0.29, 0.717) is 17.9 Å². The van der Waals surface area contributed by atoms with Gasteiger partial charge in [-0.25, -0.2) is 4.79 Å². The molecule has 21 heavy (non-hydrogen) atoms. The average Bonchev–Trinajstić information content (AvgIpc) is 2.45. The van der Waals surface area contributed by atoms with Crippen molar-refractivity contribution >= 4 is 5.97 Å². The van der Waals surface area contributed by atoms with Gasteiger partial charge in [-0.3, -0.25) is 0 Å². The third-order valence-corrected chi connectivity index (χ3v) is 3.14. The quantitative estimate of drug-likeness (QED) is 0.752. The van der Waals surface area contributed by atoms with Crippen molar-refractivity contribution in [3.8, 4) is 11.8 Å². The lowest BCUT2D eigenvalue weighted by Gasteiger charge is -2.19. The van der Waals surface area contributed by atoms with Crippen LogP contribution in [0.15, 0.2) is 18.2 Å². The van der Waals surface area contributed by atoms with Gasteiger partial charge in [0.2, 0.25) is 0 Å². The average molecular weight is 290 g/mol. The number of likely N-dealkylation sites (N-methyl/N-ethyl adjacent to an activating group) is 1. The van der Waals surface area contributed by atoms with Crippen LogP contribution in [0.4, 0.5) is 0 Å². The van der Waals surface area contributed by atoms with Crippen LogP contribution in [-0.4, -0.2) is 45.2 Å². The van der Waals surface area contributed by atoms with E-state index in [1.54, 1.807) is 32.0 Å². The Morgan fingerprint density at radius 3 is 2.52 bits per heavy atom. The van der Waals surface area contributed by atoms with Crippen LogP contribution in [0.1, 0.15) is 29.8 Å². The number of carbonyl (C=O) groups is 1. The molecule has 1 rings (SSSR count). The van der Waals surface area contributed by atoms with E-state index in [-0.39, 0.29) is 0 Å². The number of esters is 1. The zero-order valence-corrected chi connectivity index (χ0v) is 13.3. The zero-order chi connectivity index (χ0) is 16.0. The first-order chi connectivity index (χ1) is 9.80. The minimum absolute atomic E-state index is 0.387. The van der Waals surface area contributed by atoms with Crippen molar-refractivity contribution in [3.05, 3.63) is 29.3 Å². The van der Waals surface area contributed by atoms with Crippen molar-refractivity contribution < 1.29 is 14.3 Å². The molecule has 1 aromatic rings. The molecule has 0 radical (unpaired) electrons. The summed E-state index contributed by atoms with van der Waals surface area (Å²) in [5, 5.41) is 9.26. The molecule has 0 aliphatic rings. The summed E-state index contributed by atoms with van der Waals surface area (Å²) in [6, 6.07) is 7.34. The number of benzene rings is 1. The summed E-state index contributed by atoms with van der Waals surface area (Å²) in [7, 11) is 5.24. The van der Waals surface area contributed by atoms with Gasteiger partial charge in [0.05, 0.1) is 24.2 Å². The van der Waals surface area contributed by atoms with E-state index in [1.165, 1.54) is 7.11 Å². The molecule has 0 atom stereocenters. The van der Waals surface area contributed by atoms with Gasteiger partial charge >= 0.3 is 5.97 Å². The van der Waals surface area contributed by atoms with Crippen LogP contribution in [0.25, 0.3) is 0 Å². The fraction of sp³-hybridized carbons (Fsp3) is 0.500. The van der Waals surface area contributed by atoms with Gasteiger partial charge in [-0.05, 0) is 51.7 Å². The lowest BCUT2D eigenvalue weighted by molar-refractivity contribution is 0.0600. The van der Waals surface area contributed by atoms with Crippen molar-refractivity contribution in [1.29, 1.82) is 5.26 Å². The standard InChI is InChI=1S/C16H22N2O3/c1-16(2,11-17)13-8-12(15(19)20-5)9-14(10-13)21-7-6-18(3)4/h8-10H,6-7H2,1-5H3. The number of methoxy groups -OCH3 is 1. The van der Waals surface area contributed by atoms with Crippen LogP contribution in [0, 0.1) is 11.3 Å². The highest BCUT2D eigenvalue weighted by molar-refractivity contribution is 5.90. The Bertz CT molecular complexity index is 545. The van der Waals surface area contributed by atoms with Crippen LogP contribution >= 0.6 is 0 Å². The van der Waals surface area contributed by atoms with Crippen molar-refractivity contribution in [2.45, 2.75) is 19.3 Å². The van der Waals surface area contributed by atoms with Crippen LogP contribution in [0.5, 0.6) is 5.75 Å². The Balaban J connectivity index is 3.10. The number of carbonyl (C=O) groups excluding carboxylic acids is 1. The van der Waals surface area contributed by atoms with Crippen LogP contribution in [0.3, 0.4) is 0 Å². The largest absolute Gasteiger partial charge is 0.492 e. The molecule has 0 spiro atoms. The van der Waals surface area contributed by atoms with Gasteiger partial charge in [0, 0.05) is 6.54 Å². The van der Waals surface area contributed by atoms with E-state index in [4.69, 9.17) is 9.47 Å². The molecule has 0 bridgehead atoms. The third kappa shape index (κ3) is 4.76. The lowest BCUT2D eigenvalue weighted by Crippen LogP contribution is -2.20. The summed E-state index contributed by atoms with van der Waals surface area (Å²) in [6.07, 6.45) is 0. The molecule has 5 nitrogen and oxygen atoms in total. The SMILES string of the molecule is COC(=O)c1cc(OCCN(C)C)cc(C(C)(C)C#N)c1. The molecule has 5 heteroatoms. The predicted octanol–water partition coefficient (Wildman–Crippen LogP) is 2.21. The number of hydrogen-bond donors (Lipinski definition) is 0. The summed E-state index contributed by atoms with van der Waals surface area (Å²) in [4.78, 5) is 13.8. The number of rotatable bonds is 6. The summed E-state index contributed by atoms with van der Waals surface area (Å²) in [6.45, 7) is 4.86. The van der Waals surface area contributed by atoms with Gasteiger partial charge in [0.25, 0.3) is 0 Å². The normalized spacial score (nSPS) is 11.1. The Kier molecular flexibility index (Phi) is 5.74. The van der Waals surface area contributed by atoms with Gasteiger partial charge in [-0.15, -0.1) is 0 Å². The molecule has 0 unspecified atom stereocenters. The zero-order valence-electron chi connectivity index (χ0n) is 13.3. The fourth-order valence-electron chi connectivity index (χ4n) is 1.69. The van der Waals surface area contributed by atoms with Gasteiger partial charge in [0.1, 0.15) is 12.4 Å². The van der Waals surface area contributed by atoms with E-state index in [1.807, 2.05) is 19.0 Å². The second kappa shape index (κ2) is 7.09. The van der Waals surface area contributed by atoms with Gasteiger partial charge in [0.15, 0.2) is 0 Å². The topological polar surface area (TPSA) is 62.6 Å². The number of hydrogen-bond acceptors (Lipinski definition) is 5. The van der Waals surface area contributed by atoms with E-state index in [0.717, 1.165) is 12.1 Å². The number of nitrogens with zero attached hydrogens (tertiary/aromatic N) is 2. The highest BCUT2D eigenvalue weighted by atomic mass is 16.5. The minimum Gasteiger partial charge on any atom is -0.492 e. The Hall–Kier alpha value is -2.06. The molecule has 0 amide bonds. The van der Waals surface area contributed by atoms with Crippen LogP contribution < -0.4 is 4.74 Å². The highest BCUT2D eigenvalue weighted by Gasteiger charge is 2.22. The Labute approximate surface area is 126 Å². The first-order valence-electron chi connectivity index (χ1n) is 6.73. The first kappa shape index (κ1) is 17.0. The van der Waals surface area contributed by atoms with Crippen molar-refractivity contribution in [3.63, 3.8) is 0 Å². The molecule has 0 N–H and O–H groups in total. The Morgan fingerprint density at radius 2 is 2.00 bits per heavy atom. The molecule has 1 aromatic carbocycles. The lowest BCUT2D eigenvalue weighted by atomic mass is 9.85. The van der Waals surface area contributed by atoms with Gasteiger partial charge in [-0.1, -0.05) is 0 Å². The van der Waals surface area contributed by atoms with Crippen LogP contribution in [0.2, 0.25) is 0 Å². The smallest absolute Gasteiger partial charge is 0.337 e. The summed E-state index contributed by atoms with van der Waals surface area (Å²) in [5.74, 6) is 0.126. The van der Waals surface area contributed by atoms with E-state index in [9.17, 15) is 10.1 Å². The van der Waals surface area contributed by atoms with E-state index in [2.05, 4.69) is 6.07 Å². The molecular formula is C16H22N2O3. The third-order valence-electron chi connectivity index (χ3n) is 3.14. The second-order valence-corrected chi connectivity index (χ2v) is 5.63. The maximum atomic E-state index is 11.7. The molecular weight excluding hydrogens is 268 g/mol. The summed E-state index contributed by atoms with van der Waals surface area (Å²) in [5.41, 5.74) is 0.412. The first-order valence-corrected chi connectivity index (χ1v) is 6.73. The number of nitriles is 1. The van der Waals surface area contributed by atoms with E-state index >= 15 is 0 Å². The summed E-state index contributed by atoms with van der Waals surface area (Å²) >= 11 is 0. The molecule has 114 valence electrons. The van der Waals surface area contributed by atoms with Crippen molar-refractivity contribution in [2.75, 3.05) is 34.4 Å². The molecule has 0 saturated carbocycles. The molecule has 0 saturated heterocycles. The highest BCUT2D eigenvalue weighted by Crippen LogP contribution is 2.28. The molecule has 0 aliphatic carbocycles. The van der Waals surface area contributed by atoms with Crippen molar-refractivity contribution in [1.82, 2.24) is 4.90 Å². The molecule has 0 aliphatic heterocycles. The van der Waals surface area contributed by atoms with Gasteiger partial charge in [-0.2, -0.15) is 5.26 Å². The van der Waals surface area contributed by atoms with Crippen LogP contribution in [-0.2, 0) is 10.2 Å². The number of ether oxygens (including phenoxy) is 2.